The molecule has 1 spiro atoms. The molecular formula is C65H40N2O. The van der Waals surface area contributed by atoms with E-state index in [0.29, 0.717) is 5.82 Å². The van der Waals surface area contributed by atoms with Gasteiger partial charge < -0.3 is 4.42 Å². The molecule has 0 atom stereocenters. The number of para-hydroxylation sites is 1. The van der Waals surface area contributed by atoms with E-state index < -0.39 is 0 Å². The van der Waals surface area contributed by atoms with Gasteiger partial charge in [-0.3, -0.25) is 0 Å². The Morgan fingerprint density at radius 2 is 0.735 bits per heavy atom. The van der Waals surface area contributed by atoms with Crippen molar-refractivity contribution in [2.24, 2.45) is 0 Å². The van der Waals surface area contributed by atoms with Gasteiger partial charge in [0.2, 0.25) is 0 Å². The summed E-state index contributed by atoms with van der Waals surface area (Å²) in [4.78, 5) is 10.6. The molecule has 0 fully saturated rings. The quantitative estimate of drug-likeness (QED) is 0.167. The Morgan fingerprint density at radius 1 is 0.265 bits per heavy atom. The molecule has 0 bridgehead atoms. The average Bonchev–Trinajstić information content (AvgIpc) is 4.05. The maximum atomic E-state index is 6.24. The molecule has 68 heavy (non-hydrogen) atoms. The lowest BCUT2D eigenvalue weighted by molar-refractivity contribution is 0.669. The van der Waals surface area contributed by atoms with Crippen LogP contribution in [0.15, 0.2) is 247 Å². The van der Waals surface area contributed by atoms with Crippen molar-refractivity contribution < 1.29 is 4.42 Å². The normalized spacial score (nSPS) is 12.8. The van der Waals surface area contributed by atoms with Crippen molar-refractivity contribution in [3.8, 4) is 89.5 Å². The predicted octanol–water partition coefficient (Wildman–Crippen LogP) is 16.7. The highest BCUT2D eigenvalue weighted by atomic mass is 16.3. The van der Waals surface area contributed by atoms with Crippen molar-refractivity contribution in [3.63, 3.8) is 0 Å². The Morgan fingerprint density at radius 3 is 1.46 bits per heavy atom. The summed E-state index contributed by atoms with van der Waals surface area (Å²) in [5.74, 6) is 0.679. The highest BCUT2D eigenvalue weighted by Crippen LogP contribution is 2.63. The van der Waals surface area contributed by atoms with Crippen LogP contribution in [0.3, 0.4) is 0 Å². The van der Waals surface area contributed by atoms with Crippen LogP contribution in [0.4, 0.5) is 0 Å². The summed E-state index contributed by atoms with van der Waals surface area (Å²) in [6, 6.07) is 87.6. The lowest BCUT2D eigenvalue weighted by Gasteiger charge is -2.30. The van der Waals surface area contributed by atoms with Crippen LogP contribution >= 0.6 is 0 Å². The maximum absolute atomic E-state index is 6.24. The number of hydrogen-bond acceptors (Lipinski definition) is 3. The molecule has 0 aliphatic heterocycles. The van der Waals surface area contributed by atoms with Gasteiger partial charge in [-0.05, 0) is 132 Å². The molecule has 2 aromatic heterocycles. The van der Waals surface area contributed by atoms with Gasteiger partial charge in [0.15, 0.2) is 5.82 Å². The Kier molecular flexibility index (Phi) is 8.50. The van der Waals surface area contributed by atoms with Crippen LogP contribution in [0.5, 0.6) is 0 Å². The Hall–Kier alpha value is -8.92. The molecule has 12 aromatic rings. The van der Waals surface area contributed by atoms with Crippen molar-refractivity contribution >= 4 is 21.9 Å². The van der Waals surface area contributed by atoms with E-state index in [-0.39, 0.29) is 5.41 Å². The second kappa shape index (κ2) is 15.1. The number of benzene rings is 10. The van der Waals surface area contributed by atoms with Crippen molar-refractivity contribution in [1.29, 1.82) is 0 Å². The zero-order chi connectivity index (χ0) is 44.8. The Labute approximate surface area is 394 Å². The summed E-state index contributed by atoms with van der Waals surface area (Å²) >= 11 is 0. The molecule has 2 heterocycles. The minimum absolute atomic E-state index is 0.372. The fourth-order valence-electron chi connectivity index (χ4n) is 11.2. The molecule has 0 saturated heterocycles. The minimum Gasteiger partial charge on any atom is -0.456 e. The van der Waals surface area contributed by atoms with E-state index >= 15 is 0 Å². The molecule has 0 amide bonds. The molecule has 2 aliphatic carbocycles. The summed E-state index contributed by atoms with van der Waals surface area (Å²) in [5.41, 5.74) is 23.4. The van der Waals surface area contributed by atoms with E-state index in [1.54, 1.807) is 0 Å². The van der Waals surface area contributed by atoms with E-state index in [1.807, 2.05) is 18.2 Å². The summed E-state index contributed by atoms with van der Waals surface area (Å²) in [6.07, 6.45) is 0. The van der Waals surface area contributed by atoms with Crippen LogP contribution in [0.25, 0.3) is 111 Å². The van der Waals surface area contributed by atoms with Crippen LogP contribution in [-0.4, -0.2) is 9.97 Å². The third-order valence-electron chi connectivity index (χ3n) is 14.3. The van der Waals surface area contributed by atoms with E-state index in [0.717, 1.165) is 83.4 Å². The van der Waals surface area contributed by atoms with Gasteiger partial charge in [-0.2, -0.15) is 0 Å². The molecule has 0 N–H and O–H groups in total. The monoisotopic (exact) mass is 864 g/mol. The number of rotatable bonds is 6. The van der Waals surface area contributed by atoms with Crippen molar-refractivity contribution in [1.82, 2.24) is 9.97 Å². The highest BCUT2D eigenvalue weighted by Gasteiger charge is 2.51. The first kappa shape index (κ1) is 38.4. The zero-order valence-corrected chi connectivity index (χ0v) is 36.9. The molecule has 14 rings (SSSR count). The second-order valence-corrected chi connectivity index (χ2v) is 18.0. The molecule has 0 radical (unpaired) electrons. The van der Waals surface area contributed by atoms with Crippen molar-refractivity contribution in [2.45, 2.75) is 5.41 Å². The molecule has 0 saturated carbocycles. The maximum Gasteiger partial charge on any atom is 0.160 e. The van der Waals surface area contributed by atoms with Gasteiger partial charge in [-0.25, -0.2) is 9.97 Å². The molecular weight excluding hydrogens is 825 g/mol. The van der Waals surface area contributed by atoms with Gasteiger partial charge in [0.1, 0.15) is 11.2 Å². The first-order valence-corrected chi connectivity index (χ1v) is 23.3. The zero-order valence-electron chi connectivity index (χ0n) is 36.9. The Bertz CT molecular complexity index is 3930. The summed E-state index contributed by atoms with van der Waals surface area (Å²) in [6.45, 7) is 0. The number of nitrogens with zero attached hydrogens (tertiary/aromatic N) is 2. The van der Waals surface area contributed by atoms with E-state index in [9.17, 15) is 0 Å². The standard InChI is InChI=1S/C65H40N2O/c1-3-16-41(17-4-1)47-35-48(45-31-33-63-55(39-45)53-25-10-14-29-62(53)68-63)37-49(36-47)61-40-60(66-64(67-61)42-18-5-2-6-19-42)46-21-15-20-43(34-46)44-30-32-59-54(38-44)52-24-9-13-28-58(52)65(59)56-26-11-7-22-50(56)51-23-8-12-27-57(51)65/h1-40H. The van der Waals surface area contributed by atoms with Crippen molar-refractivity contribution in [2.75, 3.05) is 0 Å². The van der Waals surface area contributed by atoms with E-state index in [1.165, 1.54) is 44.5 Å². The lowest BCUT2D eigenvalue weighted by Crippen LogP contribution is -2.25. The highest BCUT2D eigenvalue weighted by molar-refractivity contribution is 6.06. The van der Waals surface area contributed by atoms with Crippen molar-refractivity contribution in [3.05, 3.63) is 265 Å². The topological polar surface area (TPSA) is 38.9 Å². The summed E-state index contributed by atoms with van der Waals surface area (Å²) < 4.78 is 6.24. The fourth-order valence-corrected chi connectivity index (χ4v) is 11.2. The number of fused-ring (bicyclic) bond motifs is 13. The van der Waals surface area contributed by atoms with Crippen LogP contribution in [0, 0.1) is 0 Å². The van der Waals surface area contributed by atoms with Gasteiger partial charge in [0.05, 0.1) is 16.8 Å². The number of aromatic nitrogens is 2. The van der Waals surface area contributed by atoms with E-state index in [4.69, 9.17) is 14.4 Å². The smallest absolute Gasteiger partial charge is 0.160 e. The summed E-state index contributed by atoms with van der Waals surface area (Å²) in [7, 11) is 0. The van der Waals surface area contributed by atoms with Gasteiger partial charge >= 0.3 is 0 Å². The largest absolute Gasteiger partial charge is 0.456 e. The molecule has 0 unspecified atom stereocenters. The van der Waals surface area contributed by atoms with Gasteiger partial charge in [-0.1, -0.05) is 188 Å². The lowest BCUT2D eigenvalue weighted by atomic mass is 9.70. The molecule has 2 aliphatic rings. The SMILES string of the molecule is c1ccc(-c2cc(-c3ccc4oc5ccccc5c4c3)cc(-c3cc(-c4cccc(-c5ccc6c(c5)-c5ccccc5C65c6ccccc6-c6ccccc65)c4)nc(-c4ccccc4)n3)c2)cc1. The first-order valence-electron chi connectivity index (χ1n) is 23.3. The number of hydrogen-bond donors (Lipinski definition) is 0. The van der Waals surface area contributed by atoms with Gasteiger partial charge in [-0.15, -0.1) is 0 Å². The van der Waals surface area contributed by atoms with Crippen LogP contribution in [0.2, 0.25) is 0 Å². The van der Waals surface area contributed by atoms with E-state index in [2.05, 4.69) is 224 Å². The van der Waals surface area contributed by atoms with Gasteiger partial charge in [0, 0.05) is 27.5 Å². The third-order valence-corrected chi connectivity index (χ3v) is 14.3. The summed E-state index contributed by atoms with van der Waals surface area (Å²) in [5, 5.41) is 2.21. The first-order chi connectivity index (χ1) is 33.7. The fraction of sp³-hybridized carbons (Fsp3) is 0.0154. The van der Waals surface area contributed by atoms with Gasteiger partial charge in [0.25, 0.3) is 0 Å². The Balaban J connectivity index is 0.916. The van der Waals surface area contributed by atoms with Crippen LogP contribution in [-0.2, 0) is 5.41 Å². The molecule has 10 aromatic carbocycles. The molecule has 3 heteroatoms. The third kappa shape index (κ3) is 5.86. The second-order valence-electron chi connectivity index (χ2n) is 18.0. The minimum atomic E-state index is -0.372. The van der Waals surface area contributed by atoms with Crippen LogP contribution < -0.4 is 0 Å². The average molecular weight is 865 g/mol. The predicted molar refractivity (Wildman–Crippen MR) is 278 cm³/mol. The molecule has 316 valence electrons. The number of furan rings is 1. The molecule has 3 nitrogen and oxygen atoms in total. The van der Waals surface area contributed by atoms with Crippen LogP contribution in [0.1, 0.15) is 22.3 Å².